The van der Waals surface area contributed by atoms with Crippen molar-refractivity contribution in [2.45, 2.75) is 38.3 Å². The second-order valence-corrected chi connectivity index (χ2v) is 5.61. The highest BCUT2D eigenvalue weighted by Gasteiger charge is 2.21. The third-order valence-electron chi connectivity index (χ3n) is 3.86. The molecule has 0 aromatic heterocycles. The SMILES string of the molecule is CN1CCCc2cc(CN=C(N)NC3CC3)ccc21. The summed E-state index contributed by atoms with van der Waals surface area (Å²) in [5, 5.41) is 3.21. The predicted molar refractivity (Wildman–Crippen MR) is 79.5 cm³/mol. The lowest BCUT2D eigenvalue weighted by Gasteiger charge is -2.27. The molecule has 0 radical (unpaired) electrons. The fraction of sp³-hybridized carbons (Fsp3) is 0.533. The van der Waals surface area contributed by atoms with E-state index in [0.717, 1.165) is 6.54 Å². The van der Waals surface area contributed by atoms with E-state index in [4.69, 9.17) is 5.73 Å². The van der Waals surface area contributed by atoms with E-state index >= 15 is 0 Å². The van der Waals surface area contributed by atoms with Crippen LogP contribution in [-0.4, -0.2) is 25.6 Å². The number of fused-ring (bicyclic) bond motifs is 1. The van der Waals surface area contributed by atoms with Crippen LogP contribution in [-0.2, 0) is 13.0 Å². The average molecular weight is 258 g/mol. The molecule has 2 aliphatic rings. The molecule has 0 atom stereocenters. The summed E-state index contributed by atoms with van der Waals surface area (Å²) < 4.78 is 0. The number of rotatable bonds is 3. The molecule has 0 amide bonds. The first kappa shape index (κ1) is 12.3. The van der Waals surface area contributed by atoms with Crippen LogP contribution >= 0.6 is 0 Å². The van der Waals surface area contributed by atoms with Gasteiger partial charge in [0.25, 0.3) is 0 Å². The van der Waals surface area contributed by atoms with Gasteiger partial charge in [-0.1, -0.05) is 12.1 Å². The summed E-state index contributed by atoms with van der Waals surface area (Å²) in [6.07, 6.45) is 4.86. The molecule has 1 aromatic carbocycles. The van der Waals surface area contributed by atoms with Crippen LogP contribution in [0.5, 0.6) is 0 Å². The Balaban J connectivity index is 1.67. The molecule has 4 nitrogen and oxygen atoms in total. The van der Waals surface area contributed by atoms with Crippen molar-refractivity contribution < 1.29 is 0 Å². The van der Waals surface area contributed by atoms with E-state index in [1.807, 2.05) is 0 Å². The van der Waals surface area contributed by atoms with Gasteiger partial charge in [-0.15, -0.1) is 0 Å². The number of guanidine groups is 1. The van der Waals surface area contributed by atoms with Crippen LogP contribution in [0.3, 0.4) is 0 Å². The highest BCUT2D eigenvalue weighted by molar-refractivity contribution is 5.78. The van der Waals surface area contributed by atoms with Crippen LogP contribution in [0.15, 0.2) is 23.2 Å². The van der Waals surface area contributed by atoms with Crippen LogP contribution in [0.1, 0.15) is 30.4 Å². The smallest absolute Gasteiger partial charge is 0.189 e. The Morgan fingerprint density at radius 2 is 2.32 bits per heavy atom. The van der Waals surface area contributed by atoms with E-state index in [9.17, 15) is 0 Å². The van der Waals surface area contributed by atoms with Crippen LogP contribution in [0, 0.1) is 0 Å². The van der Waals surface area contributed by atoms with Crippen molar-refractivity contribution in [3.63, 3.8) is 0 Å². The standard InChI is InChI=1S/C15H22N4/c1-19-8-2-3-12-9-11(4-7-14(12)19)10-17-15(16)18-13-5-6-13/h4,7,9,13H,2-3,5-6,8,10H2,1H3,(H3,16,17,18). The molecule has 3 N–H and O–H groups in total. The molecular formula is C15H22N4. The van der Waals surface area contributed by atoms with Gasteiger partial charge in [0.2, 0.25) is 0 Å². The van der Waals surface area contributed by atoms with E-state index < -0.39 is 0 Å². The van der Waals surface area contributed by atoms with Gasteiger partial charge in [-0.2, -0.15) is 0 Å². The first-order valence-corrected chi connectivity index (χ1v) is 7.12. The number of nitrogens with zero attached hydrogens (tertiary/aromatic N) is 2. The molecule has 1 fully saturated rings. The van der Waals surface area contributed by atoms with Crippen molar-refractivity contribution in [3.8, 4) is 0 Å². The lowest BCUT2D eigenvalue weighted by Crippen LogP contribution is -2.33. The first-order valence-electron chi connectivity index (χ1n) is 7.12. The number of hydrogen-bond donors (Lipinski definition) is 2. The van der Waals surface area contributed by atoms with Crippen molar-refractivity contribution in [3.05, 3.63) is 29.3 Å². The van der Waals surface area contributed by atoms with Gasteiger partial charge in [0.15, 0.2) is 5.96 Å². The largest absolute Gasteiger partial charge is 0.374 e. The minimum atomic E-state index is 0.570. The van der Waals surface area contributed by atoms with Gasteiger partial charge in [-0.25, -0.2) is 4.99 Å². The number of aliphatic imine (C=N–C) groups is 1. The van der Waals surface area contributed by atoms with Gasteiger partial charge in [0, 0.05) is 25.3 Å². The van der Waals surface area contributed by atoms with Crippen LogP contribution in [0.2, 0.25) is 0 Å². The van der Waals surface area contributed by atoms with Gasteiger partial charge >= 0.3 is 0 Å². The van der Waals surface area contributed by atoms with Crippen molar-refractivity contribution in [1.29, 1.82) is 0 Å². The molecule has 1 aliphatic heterocycles. The van der Waals surface area contributed by atoms with E-state index in [-0.39, 0.29) is 0 Å². The molecule has 0 saturated heterocycles. The maximum Gasteiger partial charge on any atom is 0.189 e. The first-order chi connectivity index (χ1) is 9.22. The Morgan fingerprint density at radius 1 is 1.47 bits per heavy atom. The van der Waals surface area contributed by atoms with E-state index in [1.54, 1.807) is 0 Å². The molecule has 19 heavy (non-hydrogen) atoms. The van der Waals surface area contributed by atoms with Gasteiger partial charge in [-0.3, -0.25) is 0 Å². The van der Waals surface area contributed by atoms with E-state index in [1.165, 1.54) is 42.5 Å². The maximum absolute atomic E-state index is 5.85. The Hall–Kier alpha value is -1.71. The summed E-state index contributed by atoms with van der Waals surface area (Å²) in [7, 11) is 2.16. The number of nitrogens with one attached hydrogen (secondary N) is 1. The zero-order valence-electron chi connectivity index (χ0n) is 11.5. The Kier molecular flexibility index (Phi) is 3.32. The fourth-order valence-electron chi connectivity index (χ4n) is 2.60. The minimum absolute atomic E-state index is 0.570. The van der Waals surface area contributed by atoms with Gasteiger partial charge in [0.05, 0.1) is 6.54 Å². The fourth-order valence-corrected chi connectivity index (χ4v) is 2.60. The summed E-state index contributed by atoms with van der Waals surface area (Å²) in [4.78, 5) is 6.74. The highest BCUT2D eigenvalue weighted by atomic mass is 15.1. The lowest BCUT2D eigenvalue weighted by molar-refractivity contribution is 0.742. The summed E-state index contributed by atoms with van der Waals surface area (Å²) in [5.74, 6) is 0.581. The van der Waals surface area contributed by atoms with Crippen molar-refractivity contribution >= 4 is 11.6 Å². The number of anilines is 1. The summed E-state index contributed by atoms with van der Waals surface area (Å²) in [6.45, 7) is 1.82. The zero-order chi connectivity index (χ0) is 13.2. The van der Waals surface area contributed by atoms with Crippen molar-refractivity contribution in [2.24, 2.45) is 10.7 Å². The number of nitrogens with two attached hydrogens (primary N) is 1. The van der Waals surface area contributed by atoms with Crippen LogP contribution < -0.4 is 16.0 Å². The summed E-state index contributed by atoms with van der Waals surface area (Å²) >= 11 is 0. The van der Waals surface area contributed by atoms with Crippen molar-refractivity contribution in [2.75, 3.05) is 18.5 Å². The minimum Gasteiger partial charge on any atom is -0.374 e. The number of benzene rings is 1. The Morgan fingerprint density at radius 3 is 3.11 bits per heavy atom. The van der Waals surface area contributed by atoms with Crippen LogP contribution in [0.4, 0.5) is 5.69 Å². The zero-order valence-corrected chi connectivity index (χ0v) is 11.5. The molecule has 102 valence electrons. The monoisotopic (exact) mass is 258 g/mol. The molecule has 3 rings (SSSR count). The predicted octanol–water partition coefficient (Wildman–Crippen LogP) is 1.64. The summed E-state index contributed by atoms with van der Waals surface area (Å²) in [5.41, 5.74) is 9.90. The van der Waals surface area contributed by atoms with Crippen molar-refractivity contribution in [1.82, 2.24) is 5.32 Å². The summed E-state index contributed by atoms with van der Waals surface area (Å²) in [6, 6.07) is 7.22. The third kappa shape index (κ3) is 3.00. The molecule has 0 bridgehead atoms. The second kappa shape index (κ2) is 5.11. The Bertz CT molecular complexity index is 491. The second-order valence-electron chi connectivity index (χ2n) is 5.61. The average Bonchev–Trinajstić information content (AvgIpc) is 3.20. The topological polar surface area (TPSA) is 53.6 Å². The van der Waals surface area contributed by atoms with Gasteiger partial charge in [-0.05, 0) is 42.9 Å². The highest BCUT2D eigenvalue weighted by Crippen LogP contribution is 2.27. The van der Waals surface area contributed by atoms with Gasteiger partial charge in [0.1, 0.15) is 0 Å². The molecule has 1 saturated carbocycles. The van der Waals surface area contributed by atoms with Crippen LogP contribution in [0.25, 0.3) is 0 Å². The lowest BCUT2D eigenvalue weighted by atomic mass is 10.00. The molecule has 1 aliphatic carbocycles. The molecule has 4 heteroatoms. The Labute approximate surface area is 114 Å². The third-order valence-corrected chi connectivity index (χ3v) is 3.86. The quantitative estimate of drug-likeness (QED) is 0.640. The number of hydrogen-bond acceptors (Lipinski definition) is 2. The van der Waals surface area contributed by atoms with Gasteiger partial charge < -0.3 is 16.0 Å². The maximum atomic E-state index is 5.85. The molecule has 0 spiro atoms. The normalized spacial score (nSPS) is 19.2. The molecular weight excluding hydrogens is 236 g/mol. The molecule has 1 heterocycles. The van der Waals surface area contributed by atoms with E-state index in [2.05, 4.69) is 40.5 Å². The molecule has 0 unspecified atom stereocenters. The van der Waals surface area contributed by atoms with E-state index in [0.29, 0.717) is 18.5 Å². The number of aryl methyl sites for hydroxylation is 1. The molecule has 1 aromatic rings.